The van der Waals surface area contributed by atoms with Gasteiger partial charge in [0.1, 0.15) is 0 Å². The first kappa shape index (κ1) is 11.5. The third-order valence-corrected chi connectivity index (χ3v) is 1.90. The summed E-state index contributed by atoms with van der Waals surface area (Å²) in [7, 11) is 0. The van der Waals surface area contributed by atoms with Crippen molar-refractivity contribution in [2.45, 2.75) is 52.4 Å². The Bertz CT molecular complexity index is 120. The lowest BCUT2D eigenvalue weighted by molar-refractivity contribution is 0.674. The molecule has 0 atom stereocenters. The summed E-state index contributed by atoms with van der Waals surface area (Å²) < 4.78 is 0. The van der Waals surface area contributed by atoms with Crippen LogP contribution in [0.4, 0.5) is 0 Å². The Morgan fingerprint density at radius 1 is 0.917 bits per heavy atom. The normalized spacial score (nSPS) is 11.8. The Morgan fingerprint density at radius 3 is 2.42 bits per heavy atom. The van der Waals surface area contributed by atoms with Crippen LogP contribution in [0.5, 0.6) is 0 Å². The average molecular weight is 166 g/mol. The van der Waals surface area contributed by atoms with Crippen molar-refractivity contribution in [2.75, 3.05) is 0 Å². The minimum absolute atomic E-state index is 1.10. The topological polar surface area (TPSA) is 0 Å². The predicted molar refractivity (Wildman–Crippen MR) is 57.3 cm³/mol. The van der Waals surface area contributed by atoms with Crippen LogP contribution in [0.25, 0.3) is 0 Å². The molecule has 0 N–H and O–H groups in total. The van der Waals surface area contributed by atoms with E-state index in [0.29, 0.717) is 0 Å². The van der Waals surface area contributed by atoms with Crippen molar-refractivity contribution in [3.63, 3.8) is 0 Å². The van der Waals surface area contributed by atoms with Crippen LogP contribution in [0.15, 0.2) is 24.3 Å². The van der Waals surface area contributed by atoms with Crippen molar-refractivity contribution in [2.24, 2.45) is 0 Å². The molecular weight excluding hydrogens is 144 g/mol. The van der Waals surface area contributed by atoms with E-state index in [0.717, 1.165) is 6.42 Å². The SMILES string of the molecule is C/C=C/C/C=C\CCCCCC. The molecule has 0 unspecified atom stereocenters. The van der Waals surface area contributed by atoms with Crippen LogP contribution < -0.4 is 0 Å². The van der Waals surface area contributed by atoms with E-state index < -0.39 is 0 Å². The Balaban J connectivity index is 3.02. The fourth-order valence-electron chi connectivity index (χ4n) is 1.12. The van der Waals surface area contributed by atoms with Gasteiger partial charge in [0, 0.05) is 0 Å². The molecule has 0 aliphatic rings. The van der Waals surface area contributed by atoms with Crippen LogP contribution in [-0.4, -0.2) is 0 Å². The van der Waals surface area contributed by atoms with Crippen molar-refractivity contribution in [1.82, 2.24) is 0 Å². The predicted octanol–water partition coefficient (Wildman–Crippen LogP) is 4.48. The highest BCUT2D eigenvalue weighted by Gasteiger charge is 1.83. The molecular formula is C12H22. The molecule has 0 amide bonds. The van der Waals surface area contributed by atoms with Gasteiger partial charge in [-0.15, -0.1) is 0 Å². The molecule has 70 valence electrons. The average Bonchev–Trinajstić information content (AvgIpc) is 2.10. The monoisotopic (exact) mass is 166 g/mol. The number of rotatable bonds is 7. The van der Waals surface area contributed by atoms with Crippen molar-refractivity contribution in [3.8, 4) is 0 Å². The summed E-state index contributed by atoms with van der Waals surface area (Å²) >= 11 is 0. The van der Waals surface area contributed by atoms with Crippen molar-refractivity contribution < 1.29 is 0 Å². The Kier molecular flexibility index (Phi) is 10.0. The minimum Gasteiger partial charge on any atom is -0.0914 e. The van der Waals surface area contributed by atoms with Gasteiger partial charge >= 0.3 is 0 Å². The third kappa shape index (κ3) is 9.48. The number of allylic oxidation sites excluding steroid dienone is 4. The van der Waals surface area contributed by atoms with E-state index in [1.807, 2.05) is 0 Å². The summed E-state index contributed by atoms with van der Waals surface area (Å²) in [5.74, 6) is 0. The van der Waals surface area contributed by atoms with Gasteiger partial charge < -0.3 is 0 Å². The Labute approximate surface area is 77.4 Å². The summed E-state index contributed by atoms with van der Waals surface area (Å²) in [6.07, 6.45) is 16.7. The molecule has 0 radical (unpaired) electrons. The van der Waals surface area contributed by atoms with Gasteiger partial charge in [-0.3, -0.25) is 0 Å². The first-order valence-electron chi connectivity index (χ1n) is 5.18. The number of hydrogen-bond donors (Lipinski definition) is 0. The molecule has 0 rings (SSSR count). The van der Waals surface area contributed by atoms with Gasteiger partial charge in [-0.2, -0.15) is 0 Å². The molecule has 0 spiro atoms. The zero-order valence-electron chi connectivity index (χ0n) is 8.55. The van der Waals surface area contributed by atoms with Gasteiger partial charge in [0.25, 0.3) is 0 Å². The van der Waals surface area contributed by atoms with Gasteiger partial charge in [0.2, 0.25) is 0 Å². The van der Waals surface area contributed by atoms with Crippen LogP contribution >= 0.6 is 0 Å². The molecule has 0 heteroatoms. The van der Waals surface area contributed by atoms with E-state index in [-0.39, 0.29) is 0 Å². The maximum atomic E-state index is 2.30. The van der Waals surface area contributed by atoms with Crippen LogP contribution in [0, 0.1) is 0 Å². The highest BCUT2D eigenvalue weighted by molar-refractivity contribution is 4.91. The smallest absolute Gasteiger partial charge is 0.0169 e. The first-order valence-corrected chi connectivity index (χ1v) is 5.18. The second-order valence-corrected chi connectivity index (χ2v) is 3.13. The fraction of sp³-hybridized carbons (Fsp3) is 0.667. The van der Waals surface area contributed by atoms with Gasteiger partial charge in [0.05, 0.1) is 0 Å². The van der Waals surface area contributed by atoms with Gasteiger partial charge in [0.15, 0.2) is 0 Å². The van der Waals surface area contributed by atoms with Gasteiger partial charge in [-0.1, -0.05) is 50.5 Å². The lowest BCUT2D eigenvalue weighted by atomic mass is 10.1. The molecule has 0 fully saturated rings. The molecule has 0 aliphatic heterocycles. The third-order valence-electron chi connectivity index (χ3n) is 1.90. The van der Waals surface area contributed by atoms with E-state index in [9.17, 15) is 0 Å². The van der Waals surface area contributed by atoms with E-state index >= 15 is 0 Å². The molecule has 0 aromatic heterocycles. The summed E-state index contributed by atoms with van der Waals surface area (Å²) in [6.45, 7) is 4.32. The number of hydrogen-bond acceptors (Lipinski definition) is 0. The zero-order chi connectivity index (χ0) is 9.07. The van der Waals surface area contributed by atoms with Crippen molar-refractivity contribution >= 4 is 0 Å². The molecule has 0 nitrogen and oxygen atoms in total. The molecule has 0 aliphatic carbocycles. The minimum atomic E-state index is 1.10. The molecule has 0 saturated heterocycles. The van der Waals surface area contributed by atoms with E-state index in [1.54, 1.807) is 0 Å². The van der Waals surface area contributed by atoms with Crippen LogP contribution in [-0.2, 0) is 0 Å². The van der Waals surface area contributed by atoms with Gasteiger partial charge in [-0.05, 0) is 26.2 Å². The molecule has 0 aromatic carbocycles. The highest BCUT2D eigenvalue weighted by atomic mass is 13.9. The maximum Gasteiger partial charge on any atom is -0.0169 e. The standard InChI is InChI=1S/C12H22/c1-3-5-7-9-11-12-10-8-6-4-2/h3,5,9,11H,4,6-8,10,12H2,1-2H3/b5-3+,11-9-. The van der Waals surface area contributed by atoms with E-state index in [1.165, 1.54) is 32.1 Å². The molecule has 0 saturated carbocycles. The summed E-state index contributed by atoms with van der Waals surface area (Å²) in [5.41, 5.74) is 0. The van der Waals surface area contributed by atoms with Crippen LogP contribution in [0.2, 0.25) is 0 Å². The quantitative estimate of drug-likeness (QED) is 0.386. The Hall–Kier alpha value is -0.520. The number of unbranched alkanes of at least 4 members (excludes halogenated alkanes) is 4. The maximum absolute atomic E-state index is 2.30. The molecule has 0 bridgehead atoms. The molecule has 0 heterocycles. The summed E-state index contributed by atoms with van der Waals surface area (Å²) in [4.78, 5) is 0. The highest BCUT2D eigenvalue weighted by Crippen LogP contribution is 2.03. The summed E-state index contributed by atoms with van der Waals surface area (Å²) in [6, 6.07) is 0. The Morgan fingerprint density at radius 2 is 1.75 bits per heavy atom. The molecule has 12 heavy (non-hydrogen) atoms. The lowest BCUT2D eigenvalue weighted by Gasteiger charge is -1.93. The van der Waals surface area contributed by atoms with E-state index in [2.05, 4.69) is 38.2 Å². The van der Waals surface area contributed by atoms with Gasteiger partial charge in [-0.25, -0.2) is 0 Å². The van der Waals surface area contributed by atoms with Crippen LogP contribution in [0.1, 0.15) is 52.4 Å². The second-order valence-electron chi connectivity index (χ2n) is 3.13. The first-order chi connectivity index (χ1) is 5.91. The zero-order valence-corrected chi connectivity index (χ0v) is 8.55. The molecule has 0 aromatic rings. The largest absolute Gasteiger partial charge is 0.0914 e. The lowest BCUT2D eigenvalue weighted by Crippen LogP contribution is -1.73. The van der Waals surface area contributed by atoms with Crippen molar-refractivity contribution in [3.05, 3.63) is 24.3 Å². The fourth-order valence-corrected chi connectivity index (χ4v) is 1.12. The van der Waals surface area contributed by atoms with Crippen molar-refractivity contribution in [1.29, 1.82) is 0 Å². The summed E-state index contributed by atoms with van der Waals surface area (Å²) in [5, 5.41) is 0. The van der Waals surface area contributed by atoms with Crippen LogP contribution in [0.3, 0.4) is 0 Å². The second kappa shape index (κ2) is 10.5. The van der Waals surface area contributed by atoms with E-state index in [4.69, 9.17) is 0 Å².